The molecule has 76 valence electrons. The topological polar surface area (TPSA) is 55.1 Å². The maximum Gasteiger partial charge on any atom is 0.236 e. The molecule has 0 saturated carbocycles. The van der Waals surface area contributed by atoms with Crippen molar-refractivity contribution in [2.45, 2.75) is 0 Å². The van der Waals surface area contributed by atoms with Gasteiger partial charge in [0.2, 0.25) is 5.91 Å². The van der Waals surface area contributed by atoms with Gasteiger partial charge in [-0.3, -0.25) is 4.79 Å². The highest BCUT2D eigenvalue weighted by Crippen LogP contribution is 2.23. The molecule has 3 nitrogen and oxygen atoms in total. The molecule has 0 heterocycles. The largest absolute Gasteiger partial charge is 0.371 e. The molecule has 0 bridgehead atoms. The number of hydrogen-bond donors (Lipinski definition) is 2. The zero-order valence-corrected chi connectivity index (χ0v) is 8.57. The van der Waals surface area contributed by atoms with Crippen LogP contribution in [0.1, 0.15) is 0 Å². The molecule has 0 aliphatic carbocycles. The third kappa shape index (κ3) is 2.66. The van der Waals surface area contributed by atoms with Gasteiger partial charge in [-0.2, -0.15) is 0 Å². The maximum absolute atomic E-state index is 13.1. The van der Waals surface area contributed by atoms with E-state index in [1.54, 1.807) is 0 Å². The van der Waals surface area contributed by atoms with E-state index >= 15 is 0 Å². The maximum atomic E-state index is 13.1. The van der Waals surface area contributed by atoms with E-state index in [0.717, 1.165) is 12.1 Å². The second kappa shape index (κ2) is 4.36. The first-order chi connectivity index (χ1) is 6.50. The summed E-state index contributed by atoms with van der Waals surface area (Å²) >= 11 is 2.93. The summed E-state index contributed by atoms with van der Waals surface area (Å²) in [6.07, 6.45) is 0. The summed E-state index contributed by atoms with van der Waals surface area (Å²) in [5, 5.41) is 2.26. The monoisotopic (exact) mass is 264 g/mol. The number of amides is 1. The number of carbonyl (C=O) groups excluding carboxylic acids is 1. The Hall–Kier alpha value is -1.17. The van der Waals surface area contributed by atoms with Crippen LogP contribution in [0.4, 0.5) is 14.5 Å². The number of benzene rings is 1. The fraction of sp³-hybridized carbons (Fsp3) is 0.125. The van der Waals surface area contributed by atoms with Gasteiger partial charge in [0.15, 0.2) is 0 Å². The molecule has 1 rings (SSSR count). The molecule has 3 N–H and O–H groups in total. The van der Waals surface area contributed by atoms with Crippen LogP contribution in [0.5, 0.6) is 0 Å². The molecule has 0 fully saturated rings. The lowest BCUT2D eigenvalue weighted by molar-refractivity contribution is -0.116. The molecule has 0 unspecified atom stereocenters. The summed E-state index contributed by atoms with van der Waals surface area (Å²) in [7, 11) is 0. The van der Waals surface area contributed by atoms with Crippen LogP contribution in [0.25, 0.3) is 0 Å². The van der Waals surface area contributed by atoms with Crippen molar-refractivity contribution < 1.29 is 13.6 Å². The van der Waals surface area contributed by atoms with Crippen LogP contribution in [0.3, 0.4) is 0 Å². The SMILES string of the molecule is NC(=O)CNc1c(F)cc(Br)cc1F. The van der Waals surface area contributed by atoms with Gasteiger partial charge in [-0.1, -0.05) is 15.9 Å². The van der Waals surface area contributed by atoms with Crippen molar-refractivity contribution in [2.75, 3.05) is 11.9 Å². The molecule has 0 aliphatic rings. The van der Waals surface area contributed by atoms with Crippen LogP contribution in [-0.2, 0) is 4.79 Å². The van der Waals surface area contributed by atoms with Gasteiger partial charge in [0.25, 0.3) is 0 Å². The highest BCUT2D eigenvalue weighted by molar-refractivity contribution is 9.10. The minimum absolute atomic E-state index is 0.289. The van der Waals surface area contributed by atoms with Gasteiger partial charge in [-0.15, -0.1) is 0 Å². The number of rotatable bonds is 3. The fourth-order valence-electron chi connectivity index (χ4n) is 0.887. The molecule has 0 atom stereocenters. The first-order valence-electron chi connectivity index (χ1n) is 3.67. The molecule has 0 spiro atoms. The normalized spacial score (nSPS) is 9.93. The van der Waals surface area contributed by atoms with E-state index in [-0.39, 0.29) is 16.7 Å². The Morgan fingerprint density at radius 1 is 1.43 bits per heavy atom. The van der Waals surface area contributed by atoms with E-state index in [2.05, 4.69) is 21.2 Å². The molecule has 14 heavy (non-hydrogen) atoms. The number of nitrogens with two attached hydrogens (primary N) is 1. The molecule has 0 aromatic heterocycles. The highest BCUT2D eigenvalue weighted by atomic mass is 79.9. The van der Waals surface area contributed by atoms with E-state index in [9.17, 15) is 13.6 Å². The van der Waals surface area contributed by atoms with E-state index < -0.39 is 17.5 Å². The molecule has 6 heteroatoms. The van der Waals surface area contributed by atoms with Crippen molar-refractivity contribution in [3.05, 3.63) is 28.2 Å². The Kier molecular flexibility index (Phi) is 3.40. The molecule has 1 aromatic carbocycles. The average molecular weight is 265 g/mol. The average Bonchev–Trinajstić information content (AvgIpc) is 2.01. The summed E-state index contributed by atoms with van der Waals surface area (Å²) in [6, 6.07) is 2.18. The molecule has 0 saturated heterocycles. The Morgan fingerprint density at radius 2 is 1.93 bits per heavy atom. The van der Waals surface area contributed by atoms with Crippen molar-refractivity contribution in [1.82, 2.24) is 0 Å². The predicted molar refractivity (Wildman–Crippen MR) is 51.7 cm³/mol. The Bertz CT molecular complexity index is 347. The van der Waals surface area contributed by atoms with Crippen molar-refractivity contribution in [3.63, 3.8) is 0 Å². The second-order valence-corrected chi connectivity index (χ2v) is 3.48. The van der Waals surface area contributed by atoms with Crippen LogP contribution in [0.2, 0.25) is 0 Å². The third-order valence-electron chi connectivity index (χ3n) is 1.45. The van der Waals surface area contributed by atoms with Crippen molar-refractivity contribution >= 4 is 27.5 Å². The Balaban J connectivity index is 2.91. The predicted octanol–water partition coefficient (Wildman–Crippen LogP) is 1.62. The van der Waals surface area contributed by atoms with Gasteiger partial charge in [-0.25, -0.2) is 8.78 Å². The van der Waals surface area contributed by atoms with Gasteiger partial charge < -0.3 is 11.1 Å². The molecule has 1 aromatic rings. The van der Waals surface area contributed by atoms with Gasteiger partial charge in [0, 0.05) is 4.47 Å². The Morgan fingerprint density at radius 3 is 2.36 bits per heavy atom. The smallest absolute Gasteiger partial charge is 0.236 e. The number of hydrogen-bond acceptors (Lipinski definition) is 2. The van der Waals surface area contributed by atoms with Gasteiger partial charge in [0.05, 0.1) is 6.54 Å². The highest BCUT2D eigenvalue weighted by Gasteiger charge is 2.10. The third-order valence-corrected chi connectivity index (χ3v) is 1.90. The van der Waals surface area contributed by atoms with Crippen LogP contribution in [0, 0.1) is 11.6 Å². The molecular formula is C8H7BrF2N2O. The number of halogens is 3. The summed E-state index contributed by atoms with van der Waals surface area (Å²) in [5.41, 5.74) is 4.46. The molecule has 0 aliphatic heterocycles. The van der Waals surface area contributed by atoms with Crippen LogP contribution < -0.4 is 11.1 Å². The lowest BCUT2D eigenvalue weighted by Gasteiger charge is -2.06. The van der Waals surface area contributed by atoms with E-state index in [1.165, 1.54) is 0 Å². The zero-order chi connectivity index (χ0) is 10.7. The molecule has 1 amide bonds. The van der Waals surface area contributed by atoms with Gasteiger partial charge in [0.1, 0.15) is 17.3 Å². The van der Waals surface area contributed by atoms with Gasteiger partial charge >= 0.3 is 0 Å². The standard InChI is InChI=1S/C8H7BrF2N2O/c9-4-1-5(10)8(6(11)2-4)13-3-7(12)14/h1-2,13H,3H2,(H2,12,14). The Labute approximate surface area is 87.4 Å². The minimum Gasteiger partial charge on any atom is -0.371 e. The quantitative estimate of drug-likeness (QED) is 0.872. The lowest BCUT2D eigenvalue weighted by Crippen LogP contribution is -2.22. The first kappa shape index (κ1) is 10.9. The van der Waals surface area contributed by atoms with Crippen LogP contribution >= 0.6 is 15.9 Å². The summed E-state index contributed by atoms with van der Waals surface area (Å²) in [5.74, 6) is -2.25. The van der Waals surface area contributed by atoms with Crippen LogP contribution in [0.15, 0.2) is 16.6 Å². The molecular weight excluding hydrogens is 258 g/mol. The fourth-order valence-corrected chi connectivity index (χ4v) is 1.29. The second-order valence-electron chi connectivity index (χ2n) is 2.56. The number of carbonyl (C=O) groups is 1. The summed E-state index contributed by atoms with van der Waals surface area (Å²) in [6.45, 7) is -0.310. The summed E-state index contributed by atoms with van der Waals surface area (Å²) < 4.78 is 26.4. The van der Waals surface area contributed by atoms with Crippen molar-refractivity contribution in [2.24, 2.45) is 5.73 Å². The molecule has 0 radical (unpaired) electrons. The summed E-state index contributed by atoms with van der Waals surface area (Å²) in [4.78, 5) is 10.4. The van der Waals surface area contributed by atoms with Gasteiger partial charge in [-0.05, 0) is 12.1 Å². The van der Waals surface area contributed by atoms with E-state index in [1.807, 2.05) is 0 Å². The lowest BCUT2D eigenvalue weighted by atomic mass is 10.3. The van der Waals surface area contributed by atoms with E-state index in [0.29, 0.717) is 0 Å². The first-order valence-corrected chi connectivity index (χ1v) is 4.46. The van der Waals surface area contributed by atoms with Crippen molar-refractivity contribution in [1.29, 1.82) is 0 Å². The van der Waals surface area contributed by atoms with Crippen molar-refractivity contribution in [3.8, 4) is 0 Å². The van der Waals surface area contributed by atoms with E-state index in [4.69, 9.17) is 5.73 Å². The number of nitrogens with one attached hydrogen (secondary N) is 1. The zero-order valence-electron chi connectivity index (χ0n) is 6.98. The number of primary amides is 1. The van der Waals surface area contributed by atoms with Crippen LogP contribution in [-0.4, -0.2) is 12.5 Å². The number of anilines is 1. The minimum atomic E-state index is -0.780.